The number of rotatable bonds is 5. The zero-order valence-corrected chi connectivity index (χ0v) is 13.6. The molecular formula is C17H17BrO3. The largest absolute Gasteiger partial charge is 0.489 e. The molecule has 0 bridgehead atoms. The minimum Gasteiger partial charge on any atom is -0.489 e. The molecular weight excluding hydrogens is 332 g/mol. The second-order valence-electron chi connectivity index (χ2n) is 5.11. The zero-order chi connectivity index (χ0) is 15.4. The number of hydrogen-bond donors (Lipinski definition) is 1. The van der Waals surface area contributed by atoms with Crippen molar-refractivity contribution >= 4 is 21.9 Å². The molecule has 2 aromatic carbocycles. The first-order valence-corrected chi connectivity index (χ1v) is 7.43. The molecule has 2 aromatic rings. The van der Waals surface area contributed by atoms with Crippen LogP contribution in [0.15, 0.2) is 40.9 Å². The van der Waals surface area contributed by atoms with Gasteiger partial charge in [-0.2, -0.15) is 0 Å². The lowest BCUT2D eigenvalue weighted by atomic mass is 10.1. The number of aliphatic carboxylic acids is 1. The van der Waals surface area contributed by atoms with Crippen LogP contribution in [0.4, 0.5) is 0 Å². The van der Waals surface area contributed by atoms with Gasteiger partial charge in [0.1, 0.15) is 12.4 Å². The fraction of sp³-hybridized carbons (Fsp3) is 0.235. The van der Waals surface area contributed by atoms with Crippen LogP contribution in [0.1, 0.15) is 22.3 Å². The standard InChI is InChI=1S/C17H17BrO3/c1-11-5-12(2)7-13(6-11)10-21-16-4-3-15(18)8-14(16)9-17(19)20/h3-8H,9-10H2,1-2H3,(H,19,20). The highest BCUT2D eigenvalue weighted by Crippen LogP contribution is 2.25. The van der Waals surface area contributed by atoms with E-state index >= 15 is 0 Å². The smallest absolute Gasteiger partial charge is 0.307 e. The van der Waals surface area contributed by atoms with E-state index in [1.54, 1.807) is 12.1 Å². The van der Waals surface area contributed by atoms with Crippen molar-refractivity contribution in [2.75, 3.05) is 0 Å². The molecule has 0 aliphatic rings. The maximum atomic E-state index is 10.9. The Kier molecular flexibility index (Phi) is 5.02. The van der Waals surface area contributed by atoms with Crippen LogP contribution < -0.4 is 4.74 Å². The van der Waals surface area contributed by atoms with E-state index in [-0.39, 0.29) is 6.42 Å². The van der Waals surface area contributed by atoms with Crippen LogP contribution in [0.3, 0.4) is 0 Å². The van der Waals surface area contributed by atoms with E-state index in [1.807, 2.05) is 19.9 Å². The summed E-state index contributed by atoms with van der Waals surface area (Å²) >= 11 is 3.35. The second kappa shape index (κ2) is 6.76. The van der Waals surface area contributed by atoms with Crippen molar-refractivity contribution in [2.45, 2.75) is 26.9 Å². The van der Waals surface area contributed by atoms with E-state index in [4.69, 9.17) is 9.84 Å². The van der Waals surface area contributed by atoms with Crippen LogP contribution in [-0.4, -0.2) is 11.1 Å². The third kappa shape index (κ3) is 4.60. The molecule has 0 saturated heterocycles. The molecule has 0 unspecified atom stereocenters. The van der Waals surface area contributed by atoms with E-state index in [0.717, 1.165) is 10.0 Å². The molecule has 2 rings (SSSR count). The molecule has 0 aliphatic carbocycles. The van der Waals surface area contributed by atoms with Gasteiger partial charge in [-0.3, -0.25) is 4.79 Å². The van der Waals surface area contributed by atoms with Gasteiger partial charge >= 0.3 is 5.97 Å². The molecule has 0 spiro atoms. The van der Waals surface area contributed by atoms with Gasteiger partial charge in [0.15, 0.2) is 0 Å². The molecule has 0 saturated carbocycles. The molecule has 0 aliphatic heterocycles. The molecule has 21 heavy (non-hydrogen) atoms. The zero-order valence-electron chi connectivity index (χ0n) is 12.0. The lowest BCUT2D eigenvalue weighted by Crippen LogP contribution is -2.04. The Morgan fingerprint density at radius 3 is 2.43 bits per heavy atom. The van der Waals surface area contributed by atoms with Crippen LogP contribution in [-0.2, 0) is 17.8 Å². The van der Waals surface area contributed by atoms with E-state index in [0.29, 0.717) is 17.9 Å². The maximum absolute atomic E-state index is 10.9. The summed E-state index contributed by atoms with van der Waals surface area (Å²) in [7, 11) is 0. The topological polar surface area (TPSA) is 46.5 Å². The predicted molar refractivity (Wildman–Crippen MR) is 85.7 cm³/mol. The molecule has 0 fully saturated rings. The van der Waals surface area contributed by atoms with Gasteiger partial charge in [-0.15, -0.1) is 0 Å². The highest BCUT2D eigenvalue weighted by molar-refractivity contribution is 9.10. The lowest BCUT2D eigenvalue weighted by molar-refractivity contribution is -0.136. The summed E-state index contributed by atoms with van der Waals surface area (Å²) in [6.45, 7) is 4.52. The third-order valence-corrected chi connectivity index (χ3v) is 3.53. The summed E-state index contributed by atoms with van der Waals surface area (Å²) in [6, 6.07) is 11.7. The summed E-state index contributed by atoms with van der Waals surface area (Å²) in [6.07, 6.45) is -0.0539. The summed E-state index contributed by atoms with van der Waals surface area (Å²) in [5.41, 5.74) is 4.13. The first kappa shape index (κ1) is 15.6. The predicted octanol–water partition coefficient (Wildman–Crippen LogP) is 4.27. The van der Waals surface area contributed by atoms with Crippen molar-refractivity contribution in [2.24, 2.45) is 0 Å². The van der Waals surface area contributed by atoms with Gasteiger partial charge in [-0.05, 0) is 37.6 Å². The summed E-state index contributed by atoms with van der Waals surface area (Å²) in [5.74, 6) is -0.260. The molecule has 110 valence electrons. The normalized spacial score (nSPS) is 10.4. The van der Waals surface area contributed by atoms with E-state index in [1.165, 1.54) is 11.1 Å². The Hall–Kier alpha value is -1.81. The van der Waals surface area contributed by atoms with Gasteiger partial charge in [-0.1, -0.05) is 45.3 Å². The summed E-state index contributed by atoms with van der Waals surface area (Å²) in [5, 5.41) is 8.97. The maximum Gasteiger partial charge on any atom is 0.307 e. The average Bonchev–Trinajstić information content (AvgIpc) is 2.36. The Bertz CT molecular complexity index is 645. The molecule has 1 N–H and O–H groups in total. The number of carboxylic acid groups (broad SMARTS) is 1. The second-order valence-corrected chi connectivity index (χ2v) is 6.02. The van der Waals surface area contributed by atoms with Crippen molar-refractivity contribution in [1.82, 2.24) is 0 Å². The van der Waals surface area contributed by atoms with Crippen LogP contribution >= 0.6 is 15.9 Å². The molecule has 0 amide bonds. The molecule has 0 radical (unpaired) electrons. The number of benzene rings is 2. The minimum absolute atomic E-state index is 0.0539. The van der Waals surface area contributed by atoms with Crippen molar-refractivity contribution in [3.8, 4) is 5.75 Å². The van der Waals surface area contributed by atoms with Gasteiger partial charge in [0.25, 0.3) is 0 Å². The van der Waals surface area contributed by atoms with Crippen molar-refractivity contribution in [3.05, 3.63) is 63.1 Å². The number of ether oxygens (including phenoxy) is 1. The number of carbonyl (C=O) groups is 1. The minimum atomic E-state index is -0.871. The van der Waals surface area contributed by atoms with Crippen molar-refractivity contribution < 1.29 is 14.6 Å². The van der Waals surface area contributed by atoms with Crippen LogP contribution in [0.5, 0.6) is 5.75 Å². The van der Waals surface area contributed by atoms with Crippen molar-refractivity contribution in [3.63, 3.8) is 0 Å². The Morgan fingerprint density at radius 1 is 1.14 bits per heavy atom. The van der Waals surface area contributed by atoms with Gasteiger partial charge < -0.3 is 9.84 Å². The van der Waals surface area contributed by atoms with Crippen LogP contribution in [0.2, 0.25) is 0 Å². The fourth-order valence-corrected chi connectivity index (χ4v) is 2.71. The lowest BCUT2D eigenvalue weighted by Gasteiger charge is -2.12. The Balaban J connectivity index is 2.17. The number of halogens is 1. The number of hydrogen-bond acceptors (Lipinski definition) is 2. The molecule has 0 aromatic heterocycles. The molecule has 0 heterocycles. The number of aryl methyl sites for hydroxylation is 2. The highest BCUT2D eigenvalue weighted by atomic mass is 79.9. The SMILES string of the molecule is Cc1cc(C)cc(COc2ccc(Br)cc2CC(=O)O)c1. The van der Waals surface area contributed by atoms with Gasteiger partial charge in [0, 0.05) is 10.0 Å². The molecule has 4 heteroatoms. The van der Waals surface area contributed by atoms with Gasteiger partial charge in [-0.25, -0.2) is 0 Å². The van der Waals surface area contributed by atoms with E-state index < -0.39 is 5.97 Å². The molecule has 3 nitrogen and oxygen atoms in total. The quantitative estimate of drug-likeness (QED) is 0.877. The van der Waals surface area contributed by atoms with Gasteiger partial charge in [0.05, 0.1) is 6.42 Å². The summed E-state index contributed by atoms with van der Waals surface area (Å²) < 4.78 is 6.65. The fourth-order valence-electron chi connectivity index (χ4n) is 2.30. The van der Waals surface area contributed by atoms with Crippen LogP contribution in [0.25, 0.3) is 0 Å². The first-order valence-electron chi connectivity index (χ1n) is 6.64. The van der Waals surface area contributed by atoms with Gasteiger partial charge in [0.2, 0.25) is 0 Å². The first-order chi connectivity index (χ1) is 9.94. The van der Waals surface area contributed by atoms with E-state index in [2.05, 4.69) is 34.1 Å². The Morgan fingerprint density at radius 2 is 1.81 bits per heavy atom. The van der Waals surface area contributed by atoms with Crippen LogP contribution in [0, 0.1) is 13.8 Å². The Labute approximate surface area is 132 Å². The third-order valence-electron chi connectivity index (χ3n) is 3.04. The highest BCUT2D eigenvalue weighted by Gasteiger charge is 2.09. The summed E-state index contributed by atoms with van der Waals surface area (Å²) in [4.78, 5) is 10.9. The molecule has 0 atom stereocenters. The monoisotopic (exact) mass is 348 g/mol. The van der Waals surface area contributed by atoms with Crippen molar-refractivity contribution in [1.29, 1.82) is 0 Å². The van der Waals surface area contributed by atoms with E-state index in [9.17, 15) is 4.79 Å². The average molecular weight is 349 g/mol. The number of carboxylic acids is 1.